The highest BCUT2D eigenvalue weighted by atomic mass is 16.2. The first-order valence-corrected chi connectivity index (χ1v) is 8.13. The third kappa shape index (κ3) is 3.95. The van der Waals surface area contributed by atoms with Crippen molar-refractivity contribution in [2.75, 3.05) is 38.0 Å². The SMILES string of the molecule is Cc1cc(C)nc(-n2nc(C)cc2NC(=O)CN2CCNCC2)n1. The molecule has 1 aliphatic heterocycles. The van der Waals surface area contributed by atoms with E-state index in [0.29, 0.717) is 18.3 Å². The van der Waals surface area contributed by atoms with Crippen LogP contribution in [-0.4, -0.2) is 63.3 Å². The fourth-order valence-electron chi connectivity index (χ4n) is 2.80. The van der Waals surface area contributed by atoms with E-state index in [9.17, 15) is 4.79 Å². The van der Waals surface area contributed by atoms with Gasteiger partial charge in [-0.1, -0.05) is 0 Å². The van der Waals surface area contributed by atoms with Gasteiger partial charge < -0.3 is 10.6 Å². The molecule has 8 nitrogen and oxygen atoms in total. The minimum Gasteiger partial charge on any atom is -0.314 e. The number of carbonyl (C=O) groups excluding carboxylic acids is 1. The number of amides is 1. The molecular formula is C16H23N7O. The molecule has 0 aromatic carbocycles. The van der Waals surface area contributed by atoms with Gasteiger partial charge in [-0.15, -0.1) is 0 Å². The summed E-state index contributed by atoms with van der Waals surface area (Å²) in [5.74, 6) is 1.01. The van der Waals surface area contributed by atoms with Crippen molar-refractivity contribution in [1.82, 2.24) is 30.0 Å². The molecule has 0 atom stereocenters. The number of rotatable bonds is 4. The Morgan fingerprint density at radius 3 is 2.46 bits per heavy atom. The Morgan fingerprint density at radius 2 is 1.79 bits per heavy atom. The quantitative estimate of drug-likeness (QED) is 0.846. The third-order valence-corrected chi connectivity index (χ3v) is 3.84. The summed E-state index contributed by atoms with van der Waals surface area (Å²) >= 11 is 0. The van der Waals surface area contributed by atoms with Crippen LogP contribution in [0.25, 0.3) is 5.95 Å². The van der Waals surface area contributed by atoms with Crippen molar-refractivity contribution in [3.8, 4) is 5.95 Å². The van der Waals surface area contributed by atoms with E-state index in [1.165, 1.54) is 0 Å². The van der Waals surface area contributed by atoms with E-state index < -0.39 is 0 Å². The van der Waals surface area contributed by atoms with Crippen LogP contribution in [0.4, 0.5) is 5.82 Å². The van der Waals surface area contributed by atoms with Crippen LogP contribution >= 0.6 is 0 Å². The predicted octanol–water partition coefficient (Wildman–Crippen LogP) is 0.431. The Morgan fingerprint density at radius 1 is 1.12 bits per heavy atom. The Labute approximate surface area is 141 Å². The lowest BCUT2D eigenvalue weighted by atomic mass is 10.3. The van der Waals surface area contributed by atoms with Crippen LogP contribution in [0.5, 0.6) is 0 Å². The molecule has 0 radical (unpaired) electrons. The summed E-state index contributed by atoms with van der Waals surface area (Å²) in [6, 6.07) is 3.74. The normalized spacial score (nSPS) is 15.5. The van der Waals surface area contributed by atoms with E-state index in [1.54, 1.807) is 4.68 Å². The number of carbonyl (C=O) groups is 1. The van der Waals surface area contributed by atoms with Crippen LogP contribution in [0.2, 0.25) is 0 Å². The zero-order valence-corrected chi connectivity index (χ0v) is 14.3. The average Bonchev–Trinajstić information content (AvgIpc) is 2.87. The molecule has 1 fully saturated rings. The zero-order valence-electron chi connectivity index (χ0n) is 14.3. The number of nitrogens with zero attached hydrogens (tertiary/aromatic N) is 5. The highest BCUT2D eigenvalue weighted by Crippen LogP contribution is 2.15. The van der Waals surface area contributed by atoms with Crippen molar-refractivity contribution in [2.45, 2.75) is 20.8 Å². The molecule has 0 unspecified atom stereocenters. The molecule has 2 aromatic heterocycles. The molecule has 0 saturated carbocycles. The molecule has 0 aliphatic carbocycles. The first kappa shape index (κ1) is 16.5. The Kier molecular flexibility index (Phi) is 4.86. The number of aromatic nitrogens is 4. The number of aryl methyl sites for hydroxylation is 3. The molecule has 0 bridgehead atoms. The molecule has 8 heteroatoms. The zero-order chi connectivity index (χ0) is 17.1. The van der Waals surface area contributed by atoms with Gasteiger partial charge in [0.1, 0.15) is 5.82 Å². The molecule has 3 rings (SSSR count). The molecule has 128 valence electrons. The Bertz CT molecular complexity index is 714. The monoisotopic (exact) mass is 329 g/mol. The summed E-state index contributed by atoms with van der Waals surface area (Å²) in [5.41, 5.74) is 2.53. The van der Waals surface area contributed by atoms with Crippen molar-refractivity contribution in [1.29, 1.82) is 0 Å². The van der Waals surface area contributed by atoms with E-state index >= 15 is 0 Å². The summed E-state index contributed by atoms with van der Waals surface area (Å²) < 4.78 is 1.59. The van der Waals surface area contributed by atoms with Crippen molar-refractivity contribution < 1.29 is 4.79 Å². The van der Waals surface area contributed by atoms with Crippen LogP contribution in [-0.2, 0) is 4.79 Å². The van der Waals surface area contributed by atoms with Crippen LogP contribution < -0.4 is 10.6 Å². The third-order valence-electron chi connectivity index (χ3n) is 3.84. The predicted molar refractivity (Wildman–Crippen MR) is 91.3 cm³/mol. The summed E-state index contributed by atoms with van der Waals surface area (Å²) in [4.78, 5) is 23.3. The van der Waals surface area contributed by atoms with E-state index in [4.69, 9.17) is 0 Å². The largest absolute Gasteiger partial charge is 0.314 e. The lowest BCUT2D eigenvalue weighted by Crippen LogP contribution is -2.46. The van der Waals surface area contributed by atoms with Gasteiger partial charge in [0.05, 0.1) is 12.2 Å². The maximum absolute atomic E-state index is 12.4. The molecule has 2 N–H and O–H groups in total. The first-order valence-electron chi connectivity index (χ1n) is 8.13. The standard InChI is InChI=1S/C16H23N7O/c1-11-8-12(2)19-16(18-11)23-14(9-13(3)21-23)20-15(24)10-22-6-4-17-5-7-22/h8-9,17H,4-7,10H2,1-3H3,(H,20,24). The minimum atomic E-state index is -0.0533. The fourth-order valence-corrected chi connectivity index (χ4v) is 2.80. The van der Waals surface area contributed by atoms with Gasteiger partial charge in [-0.2, -0.15) is 9.78 Å². The average molecular weight is 329 g/mol. The summed E-state index contributed by atoms with van der Waals surface area (Å²) in [6.45, 7) is 9.68. The fraction of sp³-hybridized carbons (Fsp3) is 0.500. The van der Waals surface area contributed by atoms with Gasteiger partial charge in [-0.3, -0.25) is 9.69 Å². The van der Waals surface area contributed by atoms with Gasteiger partial charge in [0.2, 0.25) is 5.91 Å². The van der Waals surface area contributed by atoms with Crippen molar-refractivity contribution in [3.05, 3.63) is 29.2 Å². The summed E-state index contributed by atoms with van der Waals surface area (Å²) in [5, 5.41) is 10.6. The van der Waals surface area contributed by atoms with Crippen LogP contribution in [0, 0.1) is 20.8 Å². The van der Waals surface area contributed by atoms with Crippen LogP contribution in [0.3, 0.4) is 0 Å². The number of anilines is 1. The van der Waals surface area contributed by atoms with Gasteiger partial charge in [-0.05, 0) is 26.8 Å². The highest BCUT2D eigenvalue weighted by molar-refractivity contribution is 5.91. The smallest absolute Gasteiger partial charge is 0.252 e. The second-order valence-electron chi connectivity index (χ2n) is 6.11. The minimum absolute atomic E-state index is 0.0533. The van der Waals surface area contributed by atoms with Crippen molar-refractivity contribution in [2.24, 2.45) is 0 Å². The molecule has 1 aliphatic rings. The number of hydrogen-bond acceptors (Lipinski definition) is 6. The van der Waals surface area contributed by atoms with E-state index in [1.807, 2.05) is 32.9 Å². The van der Waals surface area contributed by atoms with Crippen molar-refractivity contribution in [3.63, 3.8) is 0 Å². The topological polar surface area (TPSA) is 88.0 Å². The maximum Gasteiger partial charge on any atom is 0.252 e. The Hall–Kier alpha value is -2.32. The second-order valence-corrected chi connectivity index (χ2v) is 6.11. The van der Waals surface area contributed by atoms with Crippen LogP contribution in [0.1, 0.15) is 17.1 Å². The van der Waals surface area contributed by atoms with Gasteiger partial charge in [0.25, 0.3) is 5.95 Å². The molecule has 1 amide bonds. The lowest BCUT2D eigenvalue weighted by molar-refractivity contribution is -0.117. The van der Waals surface area contributed by atoms with Gasteiger partial charge in [0, 0.05) is 43.6 Å². The van der Waals surface area contributed by atoms with Crippen LogP contribution in [0.15, 0.2) is 12.1 Å². The highest BCUT2D eigenvalue weighted by Gasteiger charge is 2.17. The molecule has 0 spiro atoms. The number of piperazine rings is 1. The summed E-state index contributed by atoms with van der Waals surface area (Å²) in [7, 11) is 0. The lowest BCUT2D eigenvalue weighted by Gasteiger charge is -2.26. The van der Waals surface area contributed by atoms with Crippen molar-refractivity contribution >= 4 is 11.7 Å². The summed E-state index contributed by atoms with van der Waals surface area (Å²) in [6.07, 6.45) is 0. The first-order chi connectivity index (χ1) is 11.5. The van der Waals surface area contributed by atoms with E-state index in [2.05, 4.69) is 30.6 Å². The second kappa shape index (κ2) is 7.06. The van der Waals surface area contributed by atoms with Gasteiger partial charge in [0.15, 0.2) is 0 Å². The molecule has 1 saturated heterocycles. The molecular weight excluding hydrogens is 306 g/mol. The molecule has 2 aromatic rings. The number of nitrogens with one attached hydrogen (secondary N) is 2. The van der Waals surface area contributed by atoms with E-state index in [-0.39, 0.29) is 5.91 Å². The molecule has 24 heavy (non-hydrogen) atoms. The Balaban J connectivity index is 1.77. The molecule has 3 heterocycles. The number of hydrogen-bond donors (Lipinski definition) is 2. The van der Waals surface area contributed by atoms with Gasteiger partial charge >= 0.3 is 0 Å². The van der Waals surface area contributed by atoms with Gasteiger partial charge in [-0.25, -0.2) is 9.97 Å². The van der Waals surface area contributed by atoms with E-state index in [0.717, 1.165) is 43.3 Å². The maximum atomic E-state index is 12.4.